The standard InChI is InChI=1S/C14H9BrCl2N2/c15-9-4-6-10(7-5-9)19-13(8-16)18-12-3-1-2-11(17)14(12)19/h1-7H,8H2. The predicted octanol–water partition coefficient (Wildman–Crippen LogP) is 5.18. The summed E-state index contributed by atoms with van der Waals surface area (Å²) in [7, 11) is 0. The van der Waals surface area contributed by atoms with Gasteiger partial charge < -0.3 is 0 Å². The van der Waals surface area contributed by atoms with Crippen LogP contribution in [0.5, 0.6) is 0 Å². The summed E-state index contributed by atoms with van der Waals surface area (Å²) in [6, 6.07) is 13.7. The molecule has 96 valence electrons. The van der Waals surface area contributed by atoms with Crippen molar-refractivity contribution < 1.29 is 0 Å². The van der Waals surface area contributed by atoms with E-state index in [4.69, 9.17) is 23.2 Å². The van der Waals surface area contributed by atoms with Gasteiger partial charge in [0.2, 0.25) is 0 Å². The lowest BCUT2D eigenvalue weighted by atomic mass is 10.3. The second kappa shape index (κ2) is 5.16. The van der Waals surface area contributed by atoms with Gasteiger partial charge in [-0.2, -0.15) is 0 Å². The Balaban J connectivity index is 2.35. The molecule has 0 fully saturated rings. The highest BCUT2D eigenvalue weighted by Crippen LogP contribution is 2.29. The predicted molar refractivity (Wildman–Crippen MR) is 83.3 cm³/mol. The summed E-state index contributed by atoms with van der Waals surface area (Å²) in [6.45, 7) is 0. The number of fused-ring (bicyclic) bond motifs is 1. The van der Waals surface area contributed by atoms with Crippen molar-refractivity contribution in [2.45, 2.75) is 5.88 Å². The molecule has 1 heterocycles. The number of hydrogen-bond donors (Lipinski definition) is 0. The first-order chi connectivity index (χ1) is 9.20. The molecule has 2 nitrogen and oxygen atoms in total. The highest BCUT2D eigenvalue weighted by atomic mass is 79.9. The monoisotopic (exact) mass is 354 g/mol. The molecule has 0 bridgehead atoms. The zero-order valence-electron chi connectivity index (χ0n) is 9.78. The molecule has 0 radical (unpaired) electrons. The normalized spacial score (nSPS) is 11.1. The summed E-state index contributed by atoms with van der Waals surface area (Å²) in [6.07, 6.45) is 0. The summed E-state index contributed by atoms with van der Waals surface area (Å²) >= 11 is 15.7. The molecule has 3 rings (SSSR count). The summed E-state index contributed by atoms with van der Waals surface area (Å²) in [5.74, 6) is 1.12. The van der Waals surface area contributed by atoms with Crippen LogP contribution in [0.3, 0.4) is 0 Å². The number of para-hydroxylation sites is 1. The molecule has 0 amide bonds. The minimum absolute atomic E-state index is 0.334. The number of halogens is 3. The van der Waals surface area contributed by atoms with Gasteiger partial charge in [0.1, 0.15) is 5.82 Å². The van der Waals surface area contributed by atoms with Crippen molar-refractivity contribution in [1.82, 2.24) is 9.55 Å². The summed E-state index contributed by atoms with van der Waals surface area (Å²) in [4.78, 5) is 4.53. The molecule has 0 saturated heterocycles. The van der Waals surface area contributed by atoms with E-state index in [9.17, 15) is 0 Å². The van der Waals surface area contributed by atoms with Gasteiger partial charge in [-0.25, -0.2) is 4.98 Å². The number of aromatic nitrogens is 2. The van der Waals surface area contributed by atoms with Crippen LogP contribution in [0.2, 0.25) is 5.02 Å². The van der Waals surface area contributed by atoms with Gasteiger partial charge in [-0.3, -0.25) is 4.57 Å². The van der Waals surface area contributed by atoms with Gasteiger partial charge in [0.25, 0.3) is 0 Å². The smallest absolute Gasteiger partial charge is 0.129 e. The third kappa shape index (κ3) is 2.27. The van der Waals surface area contributed by atoms with E-state index in [1.807, 2.05) is 47.0 Å². The minimum atomic E-state index is 0.334. The van der Waals surface area contributed by atoms with Crippen molar-refractivity contribution in [3.8, 4) is 5.69 Å². The molecule has 0 atom stereocenters. The van der Waals surface area contributed by atoms with Crippen LogP contribution in [0.4, 0.5) is 0 Å². The van der Waals surface area contributed by atoms with Crippen LogP contribution in [0, 0.1) is 0 Å². The van der Waals surface area contributed by atoms with Crippen LogP contribution in [0.25, 0.3) is 16.7 Å². The van der Waals surface area contributed by atoms with Gasteiger partial charge in [-0.05, 0) is 36.4 Å². The van der Waals surface area contributed by atoms with Crippen LogP contribution in [-0.2, 0) is 5.88 Å². The van der Waals surface area contributed by atoms with Crippen molar-refractivity contribution in [3.63, 3.8) is 0 Å². The highest BCUT2D eigenvalue weighted by Gasteiger charge is 2.13. The van der Waals surface area contributed by atoms with Gasteiger partial charge in [-0.15, -0.1) is 11.6 Å². The van der Waals surface area contributed by atoms with E-state index < -0.39 is 0 Å². The Hall–Kier alpha value is -1.03. The number of hydrogen-bond acceptors (Lipinski definition) is 1. The van der Waals surface area contributed by atoms with Gasteiger partial charge >= 0.3 is 0 Å². The Morgan fingerprint density at radius 3 is 2.53 bits per heavy atom. The molecule has 0 N–H and O–H groups in total. The Kier molecular flexibility index (Phi) is 3.52. The number of nitrogens with zero attached hydrogens (tertiary/aromatic N) is 2. The average Bonchev–Trinajstić information content (AvgIpc) is 2.80. The Labute approximate surface area is 129 Å². The summed E-state index contributed by atoms with van der Waals surface area (Å²) in [5.41, 5.74) is 2.74. The molecule has 0 saturated carbocycles. The molecule has 0 unspecified atom stereocenters. The van der Waals surface area contributed by atoms with Crippen molar-refractivity contribution in [3.05, 3.63) is 57.8 Å². The van der Waals surface area contributed by atoms with E-state index in [1.54, 1.807) is 0 Å². The van der Waals surface area contributed by atoms with Gasteiger partial charge in [-0.1, -0.05) is 33.6 Å². The quantitative estimate of drug-likeness (QED) is 0.579. The van der Waals surface area contributed by atoms with Crippen molar-refractivity contribution >= 4 is 50.2 Å². The Bertz CT molecular complexity index is 735. The first kappa shape index (κ1) is 13.0. The average molecular weight is 356 g/mol. The minimum Gasteiger partial charge on any atom is -0.294 e. The first-order valence-corrected chi connectivity index (χ1v) is 7.39. The molecule has 2 aromatic carbocycles. The van der Waals surface area contributed by atoms with E-state index in [2.05, 4.69) is 20.9 Å². The fourth-order valence-corrected chi connectivity index (χ4v) is 2.79. The maximum Gasteiger partial charge on any atom is 0.129 e. The fraction of sp³-hybridized carbons (Fsp3) is 0.0714. The van der Waals surface area contributed by atoms with Crippen molar-refractivity contribution in [1.29, 1.82) is 0 Å². The molecular formula is C14H9BrCl2N2. The maximum atomic E-state index is 6.30. The lowest BCUT2D eigenvalue weighted by Crippen LogP contribution is -1.99. The third-order valence-electron chi connectivity index (χ3n) is 2.90. The lowest BCUT2D eigenvalue weighted by Gasteiger charge is -2.08. The van der Waals surface area contributed by atoms with E-state index in [0.717, 1.165) is 27.0 Å². The van der Waals surface area contributed by atoms with Crippen LogP contribution in [0.15, 0.2) is 46.9 Å². The maximum absolute atomic E-state index is 6.30. The number of alkyl halides is 1. The highest BCUT2D eigenvalue weighted by molar-refractivity contribution is 9.10. The molecule has 3 aromatic rings. The first-order valence-electron chi connectivity index (χ1n) is 5.68. The van der Waals surface area contributed by atoms with Gasteiger partial charge in [0.15, 0.2) is 0 Å². The molecule has 19 heavy (non-hydrogen) atoms. The van der Waals surface area contributed by atoms with Crippen molar-refractivity contribution in [2.75, 3.05) is 0 Å². The fourth-order valence-electron chi connectivity index (χ4n) is 2.09. The van der Waals surface area contributed by atoms with E-state index in [0.29, 0.717) is 10.9 Å². The second-order valence-corrected chi connectivity index (χ2v) is 5.67. The molecule has 0 spiro atoms. The van der Waals surface area contributed by atoms with Crippen LogP contribution in [0.1, 0.15) is 5.82 Å². The van der Waals surface area contributed by atoms with Gasteiger partial charge in [0, 0.05) is 10.2 Å². The third-order valence-corrected chi connectivity index (χ3v) is 3.97. The van der Waals surface area contributed by atoms with E-state index in [-0.39, 0.29) is 0 Å². The second-order valence-electron chi connectivity index (χ2n) is 4.08. The van der Waals surface area contributed by atoms with Crippen LogP contribution < -0.4 is 0 Å². The largest absolute Gasteiger partial charge is 0.294 e. The number of rotatable bonds is 2. The molecule has 1 aromatic heterocycles. The number of benzene rings is 2. The summed E-state index contributed by atoms with van der Waals surface area (Å²) < 4.78 is 3.02. The van der Waals surface area contributed by atoms with Gasteiger partial charge in [0.05, 0.1) is 21.9 Å². The summed E-state index contributed by atoms with van der Waals surface area (Å²) in [5, 5.41) is 0.671. The molecule has 0 aliphatic rings. The molecule has 5 heteroatoms. The zero-order chi connectivity index (χ0) is 13.4. The Morgan fingerprint density at radius 1 is 1.11 bits per heavy atom. The van der Waals surface area contributed by atoms with Crippen molar-refractivity contribution in [2.24, 2.45) is 0 Å². The molecule has 0 aliphatic heterocycles. The molecular weight excluding hydrogens is 347 g/mol. The lowest BCUT2D eigenvalue weighted by molar-refractivity contribution is 0.981. The molecule has 0 aliphatic carbocycles. The van der Waals surface area contributed by atoms with E-state index in [1.165, 1.54) is 0 Å². The Morgan fingerprint density at radius 2 is 1.84 bits per heavy atom. The topological polar surface area (TPSA) is 17.8 Å². The number of imidazole rings is 1. The SMILES string of the molecule is ClCc1nc2cccc(Cl)c2n1-c1ccc(Br)cc1. The van der Waals surface area contributed by atoms with E-state index >= 15 is 0 Å². The van der Waals surface area contributed by atoms with Crippen LogP contribution in [-0.4, -0.2) is 9.55 Å². The van der Waals surface area contributed by atoms with Crippen LogP contribution >= 0.6 is 39.1 Å². The zero-order valence-corrected chi connectivity index (χ0v) is 12.9.